The zero-order valence-corrected chi connectivity index (χ0v) is 20.9. The first-order valence-electron chi connectivity index (χ1n) is 13.4. The minimum atomic E-state index is -0.116. The molecule has 2 heterocycles. The summed E-state index contributed by atoms with van der Waals surface area (Å²) in [5, 5.41) is 0. The van der Waals surface area contributed by atoms with Gasteiger partial charge in [-0.15, -0.1) is 0 Å². The topological polar surface area (TPSA) is 54.0 Å². The van der Waals surface area contributed by atoms with Gasteiger partial charge in [-0.3, -0.25) is 4.79 Å². The SMILES string of the molecule is CC(C)=CCC(C)[C@@H](C=C[C@@H]1[C@H]2CC(=O)C[C@H]2C[C@H]1OC1CCCCO1)OC1CCCCO1. The number of allylic oxidation sites excluding steroid dienone is 2. The van der Waals surface area contributed by atoms with Crippen LogP contribution in [-0.4, -0.2) is 43.8 Å². The van der Waals surface area contributed by atoms with Crippen LogP contribution in [0, 0.1) is 23.7 Å². The van der Waals surface area contributed by atoms with E-state index in [0.29, 0.717) is 36.4 Å². The summed E-state index contributed by atoms with van der Waals surface area (Å²) < 4.78 is 24.8. The first-order chi connectivity index (χ1) is 16.0. The summed E-state index contributed by atoms with van der Waals surface area (Å²) in [6.45, 7) is 8.14. The second kappa shape index (κ2) is 12.1. The van der Waals surface area contributed by atoms with Gasteiger partial charge in [-0.05, 0) is 83.0 Å². The van der Waals surface area contributed by atoms with Gasteiger partial charge in [0.05, 0.1) is 12.2 Å². The lowest BCUT2D eigenvalue weighted by Gasteiger charge is -2.31. The molecule has 4 aliphatic rings. The van der Waals surface area contributed by atoms with Crippen LogP contribution in [0.4, 0.5) is 0 Å². The maximum absolute atomic E-state index is 12.2. The van der Waals surface area contributed by atoms with Gasteiger partial charge in [-0.1, -0.05) is 30.7 Å². The Kier molecular flexibility index (Phi) is 9.20. The summed E-state index contributed by atoms with van der Waals surface area (Å²) in [5.74, 6) is 1.86. The summed E-state index contributed by atoms with van der Waals surface area (Å²) >= 11 is 0. The Morgan fingerprint density at radius 2 is 1.79 bits per heavy atom. The maximum atomic E-state index is 12.2. The third kappa shape index (κ3) is 7.00. The molecule has 0 spiro atoms. The van der Waals surface area contributed by atoms with Crippen LogP contribution in [0.15, 0.2) is 23.8 Å². The number of Topliss-reactive ketones (excluding diaryl/α,β-unsaturated/α-hetero) is 1. The number of ketones is 1. The molecule has 186 valence electrons. The highest BCUT2D eigenvalue weighted by atomic mass is 16.7. The molecule has 2 saturated heterocycles. The van der Waals surface area contributed by atoms with Gasteiger partial charge < -0.3 is 18.9 Å². The Morgan fingerprint density at radius 1 is 1.06 bits per heavy atom. The van der Waals surface area contributed by atoms with E-state index in [1.165, 1.54) is 12.0 Å². The highest BCUT2D eigenvalue weighted by Crippen LogP contribution is 2.48. The van der Waals surface area contributed by atoms with Crippen molar-refractivity contribution in [3.63, 3.8) is 0 Å². The van der Waals surface area contributed by atoms with Gasteiger partial charge in [0.25, 0.3) is 0 Å². The molecule has 0 radical (unpaired) electrons. The van der Waals surface area contributed by atoms with E-state index < -0.39 is 0 Å². The molecule has 4 fully saturated rings. The molecule has 8 atom stereocenters. The fourth-order valence-electron chi connectivity index (χ4n) is 5.98. The van der Waals surface area contributed by atoms with Gasteiger partial charge in [0, 0.05) is 32.0 Å². The Labute approximate surface area is 200 Å². The zero-order valence-electron chi connectivity index (χ0n) is 20.9. The van der Waals surface area contributed by atoms with Crippen LogP contribution in [0.2, 0.25) is 0 Å². The van der Waals surface area contributed by atoms with Gasteiger partial charge in [0.1, 0.15) is 5.78 Å². The molecule has 0 bridgehead atoms. The molecule has 2 aliphatic heterocycles. The quantitative estimate of drug-likeness (QED) is 0.397. The first-order valence-corrected chi connectivity index (χ1v) is 13.4. The lowest BCUT2D eigenvalue weighted by Crippen LogP contribution is -2.32. The van der Waals surface area contributed by atoms with Gasteiger partial charge in [0.2, 0.25) is 0 Å². The Balaban J connectivity index is 1.47. The van der Waals surface area contributed by atoms with Crippen LogP contribution in [-0.2, 0) is 23.7 Å². The van der Waals surface area contributed by atoms with Gasteiger partial charge in [0.15, 0.2) is 12.6 Å². The van der Waals surface area contributed by atoms with E-state index >= 15 is 0 Å². The number of hydrogen-bond acceptors (Lipinski definition) is 5. The molecule has 0 amide bonds. The van der Waals surface area contributed by atoms with Crippen LogP contribution in [0.1, 0.15) is 85.0 Å². The van der Waals surface area contributed by atoms with Crippen molar-refractivity contribution in [2.75, 3.05) is 13.2 Å². The maximum Gasteiger partial charge on any atom is 0.158 e. The summed E-state index contributed by atoms with van der Waals surface area (Å²) in [5.41, 5.74) is 1.34. The van der Waals surface area contributed by atoms with Crippen LogP contribution in [0.5, 0.6) is 0 Å². The van der Waals surface area contributed by atoms with Crippen molar-refractivity contribution in [3.8, 4) is 0 Å². The third-order valence-electron chi connectivity index (χ3n) is 7.91. The van der Waals surface area contributed by atoms with Crippen LogP contribution >= 0.6 is 0 Å². The average Bonchev–Trinajstić information content (AvgIpc) is 3.31. The molecule has 3 unspecified atom stereocenters. The van der Waals surface area contributed by atoms with Crippen LogP contribution in [0.3, 0.4) is 0 Å². The monoisotopic (exact) mass is 460 g/mol. The number of carbonyl (C=O) groups is 1. The molecule has 4 rings (SSSR count). The molecule has 5 nitrogen and oxygen atoms in total. The highest BCUT2D eigenvalue weighted by molar-refractivity contribution is 5.81. The lowest BCUT2D eigenvalue weighted by molar-refractivity contribution is -0.193. The molecular formula is C28H44O5. The summed E-state index contributed by atoms with van der Waals surface area (Å²) in [4.78, 5) is 12.2. The van der Waals surface area contributed by atoms with Crippen molar-refractivity contribution in [3.05, 3.63) is 23.8 Å². The molecule has 2 aliphatic carbocycles. The van der Waals surface area contributed by atoms with E-state index in [1.54, 1.807) is 0 Å². The molecule has 0 aromatic heterocycles. The van der Waals surface area contributed by atoms with Crippen molar-refractivity contribution in [1.29, 1.82) is 0 Å². The first kappa shape index (κ1) is 25.1. The van der Waals surface area contributed by atoms with Gasteiger partial charge in [-0.2, -0.15) is 0 Å². The predicted octanol–water partition coefficient (Wildman–Crippen LogP) is 5.97. The van der Waals surface area contributed by atoms with Gasteiger partial charge >= 0.3 is 0 Å². The molecule has 0 N–H and O–H groups in total. The van der Waals surface area contributed by atoms with Crippen molar-refractivity contribution in [1.82, 2.24) is 0 Å². The molecule has 2 saturated carbocycles. The van der Waals surface area contributed by atoms with E-state index in [-0.39, 0.29) is 30.7 Å². The molecule has 0 aromatic rings. The Bertz CT molecular complexity index is 684. The number of carbonyl (C=O) groups excluding carboxylic acids is 1. The number of hydrogen-bond donors (Lipinski definition) is 0. The second-order valence-electron chi connectivity index (χ2n) is 10.9. The predicted molar refractivity (Wildman–Crippen MR) is 129 cm³/mol. The van der Waals surface area contributed by atoms with Crippen molar-refractivity contribution in [2.45, 2.75) is 110 Å². The van der Waals surface area contributed by atoms with E-state index in [9.17, 15) is 4.79 Å². The largest absolute Gasteiger partial charge is 0.353 e. The number of fused-ring (bicyclic) bond motifs is 1. The van der Waals surface area contributed by atoms with Gasteiger partial charge in [-0.25, -0.2) is 0 Å². The number of ether oxygens (including phenoxy) is 4. The fourth-order valence-corrected chi connectivity index (χ4v) is 5.98. The van der Waals surface area contributed by atoms with E-state index in [4.69, 9.17) is 18.9 Å². The van der Waals surface area contributed by atoms with E-state index in [0.717, 1.165) is 58.2 Å². The molecule has 33 heavy (non-hydrogen) atoms. The lowest BCUT2D eigenvalue weighted by atomic mass is 9.89. The normalized spacial score (nSPS) is 36.6. The van der Waals surface area contributed by atoms with Crippen molar-refractivity contribution in [2.24, 2.45) is 23.7 Å². The minimum absolute atomic E-state index is 0.00793. The smallest absolute Gasteiger partial charge is 0.158 e. The summed E-state index contributed by atoms with van der Waals surface area (Å²) in [6.07, 6.45) is 16.7. The number of rotatable bonds is 9. The Morgan fingerprint density at radius 3 is 2.45 bits per heavy atom. The minimum Gasteiger partial charge on any atom is -0.353 e. The fraction of sp³-hybridized carbons (Fsp3) is 0.821. The third-order valence-corrected chi connectivity index (χ3v) is 7.91. The van der Waals surface area contributed by atoms with Crippen LogP contribution < -0.4 is 0 Å². The highest BCUT2D eigenvalue weighted by Gasteiger charge is 2.48. The molecule has 5 heteroatoms. The summed E-state index contributed by atoms with van der Waals surface area (Å²) in [7, 11) is 0. The summed E-state index contributed by atoms with van der Waals surface area (Å²) in [6, 6.07) is 0. The average molecular weight is 461 g/mol. The van der Waals surface area contributed by atoms with Crippen molar-refractivity contribution >= 4 is 5.78 Å². The molecule has 0 aromatic carbocycles. The Hall–Kier alpha value is -1.01. The van der Waals surface area contributed by atoms with Crippen molar-refractivity contribution < 1.29 is 23.7 Å². The zero-order chi connectivity index (χ0) is 23.2. The second-order valence-corrected chi connectivity index (χ2v) is 10.9. The van der Waals surface area contributed by atoms with Crippen LogP contribution in [0.25, 0.3) is 0 Å². The standard InChI is InChI=1S/C28H44O5/c1-19(2)10-11-20(3)25(32-27-8-4-6-14-30-27)13-12-23-24-18-22(29)16-21(24)17-26(23)33-28-9-5-7-15-31-28/h10,12-13,20-21,23-28H,4-9,11,14-18H2,1-3H3/t20?,21-,23+,24-,25+,26+,27?,28?/m0/s1. The molecular weight excluding hydrogens is 416 g/mol. The van der Waals surface area contributed by atoms with E-state index in [2.05, 4.69) is 39.0 Å². The van der Waals surface area contributed by atoms with E-state index in [1.807, 2.05) is 0 Å².